The van der Waals surface area contributed by atoms with Crippen LogP contribution in [-0.2, 0) is 16.1 Å². The van der Waals surface area contributed by atoms with Crippen molar-refractivity contribution in [2.24, 2.45) is 0 Å². The molecule has 0 bridgehead atoms. The van der Waals surface area contributed by atoms with Crippen LogP contribution in [0.5, 0.6) is 0 Å². The summed E-state index contributed by atoms with van der Waals surface area (Å²) in [5.74, 6) is -2.05. The molecule has 9 heteroatoms. The zero-order valence-electron chi connectivity index (χ0n) is 15.6. The number of ether oxygens (including phenoxy) is 2. The van der Waals surface area contributed by atoms with Crippen molar-refractivity contribution < 1.29 is 39.8 Å². The summed E-state index contributed by atoms with van der Waals surface area (Å²) in [7, 11) is 0. The average Bonchev–Trinajstić information content (AvgIpc) is 2.71. The van der Waals surface area contributed by atoms with Crippen LogP contribution in [0.2, 0.25) is 0 Å². The Hall–Kier alpha value is -1.75. The molecule has 1 aromatic rings. The number of carbonyl (C=O) groups excluding carboxylic acids is 1. The molecular formula is C19H29NO8. The quantitative estimate of drug-likeness (QED) is 0.308. The maximum absolute atomic E-state index is 11.6. The number of nitrogens with one attached hydrogen (secondary N) is 1. The smallest absolute Gasteiger partial charge is 0.407 e. The fourth-order valence-electron chi connectivity index (χ4n) is 3.07. The Morgan fingerprint density at radius 1 is 1.11 bits per heavy atom. The third kappa shape index (κ3) is 6.13. The van der Waals surface area contributed by atoms with Gasteiger partial charge in [-0.1, -0.05) is 36.8 Å². The number of alkyl carbamates (subject to hydrolysis) is 1. The van der Waals surface area contributed by atoms with Gasteiger partial charge in [0.15, 0.2) is 5.79 Å². The summed E-state index contributed by atoms with van der Waals surface area (Å²) >= 11 is 0. The zero-order valence-corrected chi connectivity index (χ0v) is 15.6. The van der Waals surface area contributed by atoms with Gasteiger partial charge < -0.3 is 40.3 Å². The average molecular weight is 399 g/mol. The highest BCUT2D eigenvalue weighted by Crippen LogP contribution is 2.32. The molecule has 5 atom stereocenters. The van der Waals surface area contributed by atoms with E-state index in [4.69, 9.17) is 14.6 Å². The van der Waals surface area contributed by atoms with Crippen molar-refractivity contribution in [2.75, 3.05) is 13.2 Å². The van der Waals surface area contributed by atoms with Gasteiger partial charge in [-0.25, -0.2) is 4.79 Å². The minimum Gasteiger partial charge on any atom is -0.445 e. The summed E-state index contributed by atoms with van der Waals surface area (Å²) in [6.45, 7) is -0.0204. The predicted octanol–water partition coefficient (Wildman–Crippen LogP) is -0.364. The zero-order chi connectivity index (χ0) is 20.6. The number of aliphatic hydroxyl groups excluding tert-OH is 4. The van der Waals surface area contributed by atoms with E-state index >= 15 is 0 Å². The first-order chi connectivity index (χ1) is 13.4. The van der Waals surface area contributed by atoms with E-state index in [0.29, 0.717) is 25.8 Å². The van der Waals surface area contributed by atoms with Crippen molar-refractivity contribution >= 4 is 6.09 Å². The summed E-state index contributed by atoms with van der Waals surface area (Å²) in [4.78, 5) is 11.6. The Balaban J connectivity index is 1.62. The molecule has 1 aromatic carbocycles. The summed E-state index contributed by atoms with van der Waals surface area (Å²) in [6.07, 6.45) is -4.80. The highest BCUT2D eigenvalue weighted by molar-refractivity contribution is 5.67. The maximum Gasteiger partial charge on any atom is 0.407 e. The van der Waals surface area contributed by atoms with E-state index in [-0.39, 0.29) is 13.0 Å². The number of aliphatic hydroxyl groups is 5. The third-order valence-electron chi connectivity index (χ3n) is 4.75. The molecular weight excluding hydrogens is 370 g/mol. The molecule has 1 fully saturated rings. The van der Waals surface area contributed by atoms with E-state index in [9.17, 15) is 25.2 Å². The van der Waals surface area contributed by atoms with Gasteiger partial charge in [-0.05, 0) is 18.4 Å². The van der Waals surface area contributed by atoms with E-state index in [1.165, 1.54) is 0 Å². The van der Waals surface area contributed by atoms with Gasteiger partial charge in [0.05, 0.1) is 6.61 Å². The lowest BCUT2D eigenvalue weighted by molar-refractivity contribution is -0.351. The van der Waals surface area contributed by atoms with Gasteiger partial charge in [0.2, 0.25) is 0 Å². The van der Waals surface area contributed by atoms with E-state index in [1.807, 2.05) is 30.3 Å². The maximum atomic E-state index is 11.6. The van der Waals surface area contributed by atoms with Gasteiger partial charge in [-0.2, -0.15) is 0 Å². The molecule has 1 heterocycles. The normalized spacial score (nSPS) is 30.0. The second-order valence-electron chi connectivity index (χ2n) is 6.91. The molecule has 0 unspecified atom stereocenters. The Kier molecular flexibility index (Phi) is 8.61. The molecule has 0 aromatic heterocycles. The van der Waals surface area contributed by atoms with Crippen molar-refractivity contribution in [2.45, 2.75) is 62.5 Å². The van der Waals surface area contributed by atoms with E-state index < -0.39 is 42.9 Å². The second kappa shape index (κ2) is 10.7. The van der Waals surface area contributed by atoms with E-state index in [0.717, 1.165) is 5.56 Å². The molecule has 2 rings (SSSR count). The molecule has 6 N–H and O–H groups in total. The van der Waals surface area contributed by atoms with Crippen LogP contribution in [0.4, 0.5) is 4.79 Å². The summed E-state index contributed by atoms with van der Waals surface area (Å²) < 4.78 is 10.3. The number of hydrogen-bond acceptors (Lipinski definition) is 8. The molecule has 9 nitrogen and oxygen atoms in total. The molecule has 0 spiro atoms. The second-order valence-corrected chi connectivity index (χ2v) is 6.91. The molecule has 1 aliphatic rings. The number of hydrogen-bond donors (Lipinski definition) is 6. The largest absolute Gasteiger partial charge is 0.445 e. The first-order valence-electron chi connectivity index (χ1n) is 9.37. The van der Waals surface area contributed by atoms with E-state index in [2.05, 4.69) is 5.32 Å². The Bertz CT molecular complexity index is 599. The Morgan fingerprint density at radius 3 is 2.50 bits per heavy atom. The lowest BCUT2D eigenvalue weighted by Crippen LogP contribution is -2.65. The van der Waals surface area contributed by atoms with Gasteiger partial charge >= 0.3 is 6.09 Å². The summed E-state index contributed by atoms with van der Waals surface area (Å²) in [5.41, 5.74) is 0.894. The number of unbranched alkanes of at least 4 members (excludes halogenated alkanes) is 2. The molecule has 1 saturated heterocycles. The van der Waals surface area contributed by atoms with Gasteiger partial charge in [0.1, 0.15) is 31.0 Å². The van der Waals surface area contributed by atoms with Crippen LogP contribution < -0.4 is 5.32 Å². The molecule has 0 radical (unpaired) electrons. The van der Waals surface area contributed by atoms with Crippen molar-refractivity contribution in [1.29, 1.82) is 0 Å². The molecule has 1 amide bonds. The molecule has 0 aliphatic carbocycles. The number of amides is 1. The van der Waals surface area contributed by atoms with Crippen molar-refractivity contribution in [3.05, 3.63) is 35.9 Å². The van der Waals surface area contributed by atoms with Gasteiger partial charge in [0, 0.05) is 13.0 Å². The lowest BCUT2D eigenvalue weighted by Gasteiger charge is -2.45. The molecule has 158 valence electrons. The van der Waals surface area contributed by atoms with Crippen LogP contribution in [0, 0.1) is 0 Å². The van der Waals surface area contributed by atoms with Crippen LogP contribution in [0.15, 0.2) is 30.3 Å². The van der Waals surface area contributed by atoms with Crippen LogP contribution >= 0.6 is 0 Å². The number of benzene rings is 1. The van der Waals surface area contributed by atoms with Gasteiger partial charge in [-0.3, -0.25) is 0 Å². The monoisotopic (exact) mass is 399 g/mol. The highest BCUT2D eigenvalue weighted by atomic mass is 16.7. The van der Waals surface area contributed by atoms with Crippen molar-refractivity contribution in [1.82, 2.24) is 5.32 Å². The minimum absolute atomic E-state index is 0.00685. The fourth-order valence-corrected chi connectivity index (χ4v) is 3.07. The highest BCUT2D eigenvalue weighted by Gasteiger charge is 2.51. The third-order valence-corrected chi connectivity index (χ3v) is 4.75. The van der Waals surface area contributed by atoms with Crippen LogP contribution in [-0.4, -0.2) is 75.0 Å². The Morgan fingerprint density at radius 2 is 1.82 bits per heavy atom. The van der Waals surface area contributed by atoms with Crippen LogP contribution in [0.25, 0.3) is 0 Å². The van der Waals surface area contributed by atoms with Gasteiger partial charge in [-0.15, -0.1) is 0 Å². The lowest BCUT2D eigenvalue weighted by atomic mass is 9.89. The topological polar surface area (TPSA) is 149 Å². The van der Waals surface area contributed by atoms with Gasteiger partial charge in [0.25, 0.3) is 0 Å². The number of carbonyl (C=O) groups is 1. The van der Waals surface area contributed by atoms with Crippen molar-refractivity contribution in [3.63, 3.8) is 0 Å². The summed E-state index contributed by atoms with van der Waals surface area (Å²) in [6, 6.07) is 9.32. The first kappa shape index (κ1) is 22.5. The number of rotatable bonds is 9. The molecule has 1 aliphatic heterocycles. The molecule has 0 saturated carbocycles. The summed E-state index contributed by atoms with van der Waals surface area (Å²) in [5, 5.41) is 51.7. The van der Waals surface area contributed by atoms with Crippen molar-refractivity contribution in [3.8, 4) is 0 Å². The van der Waals surface area contributed by atoms with Crippen LogP contribution in [0.1, 0.15) is 31.2 Å². The van der Waals surface area contributed by atoms with E-state index in [1.54, 1.807) is 0 Å². The molecule has 28 heavy (non-hydrogen) atoms. The first-order valence-corrected chi connectivity index (χ1v) is 9.37. The minimum atomic E-state index is -2.05. The predicted molar refractivity (Wildman–Crippen MR) is 98.0 cm³/mol. The fraction of sp³-hybridized carbons (Fsp3) is 0.632. The Labute approximate surface area is 163 Å². The SMILES string of the molecule is O=C(NCCCCC[C@]1(O)O[C@H](CO)[C@@H](O)[C@H](O)[C@@H]1O)OCc1ccccc1. The van der Waals surface area contributed by atoms with Crippen LogP contribution in [0.3, 0.4) is 0 Å². The standard InChI is InChI=1S/C19H29NO8/c21-11-14-15(22)16(23)17(24)19(26,28-14)9-5-2-6-10-20-18(25)27-12-13-7-3-1-4-8-13/h1,3-4,7-8,14-17,21-24,26H,2,5-6,9-12H2,(H,20,25)/t14-,15-,16+,17+,19+/m1/s1.